The smallest absolute Gasteiger partial charge is 0.283 e. The number of anilines is 1. The summed E-state index contributed by atoms with van der Waals surface area (Å²) in [5.74, 6) is 0.798. The van der Waals surface area contributed by atoms with Gasteiger partial charge in [0.05, 0.1) is 10.6 Å². The van der Waals surface area contributed by atoms with Gasteiger partial charge in [-0.05, 0) is 43.9 Å². The zero-order valence-electron chi connectivity index (χ0n) is 17.0. The monoisotopic (exact) mass is 419 g/mol. The summed E-state index contributed by atoms with van der Waals surface area (Å²) in [6, 6.07) is 17.5. The summed E-state index contributed by atoms with van der Waals surface area (Å²) in [7, 11) is -3.77. The molecular weight excluding hydrogens is 394 g/mol. The van der Waals surface area contributed by atoms with E-state index in [4.69, 9.17) is 0 Å². The first kappa shape index (κ1) is 19.1. The van der Waals surface area contributed by atoms with Gasteiger partial charge in [-0.25, -0.2) is 0 Å². The topological polar surface area (TPSA) is 64.0 Å². The lowest BCUT2D eigenvalue weighted by molar-refractivity contribution is 0.444. The fraction of sp³-hybridized carbons (Fsp3) is 0.292. The van der Waals surface area contributed by atoms with Crippen molar-refractivity contribution in [1.82, 2.24) is 9.19 Å². The summed E-state index contributed by atoms with van der Waals surface area (Å²) in [6.07, 6.45) is 8.19. The maximum atomic E-state index is 13.5. The second kappa shape index (κ2) is 7.43. The minimum absolute atomic E-state index is 0.124. The summed E-state index contributed by atoms with van der Waals surface area (Å²) in [4.78, 5) is 0.263. The van der Waals surface area contributed by atoms with Crippen molar-refractivity contribution in [3.05, 3.63) is 83.1 Å². The Balaban J connectivity index is 1.59. The number of fused-ring (bicyclic) bond motifs is 1. The van der Waals surface area contributed by atoms with Crippen molar-refractivity contribution in [1.29, 1.82) is 0 Å². The fourth-order valence-electron chi connectivity index (χ4n) is 4.09. The molecule has 1 aromatic heterocycles. The van der Waals surface area contributed by atoms with Crippen LogP contribution < -0.4 is 5.32 Å². The van der Waals surface area contributed by atoms with Crippen LogP contribution >= 0.6 is 0 Å². The van der Waals surface area contributed by atoms with Crippen molar-refractivity contribution < 1.29 is 8.42 Å². The number of nitrogens with one attached hydrogen (secondary N) is 1. The molecule has 0 aliphatic heterocycles. The van der Waals surface area contributed by atoms with E-state index in [-0.39, 0.29) is 10.8 Å². The van der Waals surface area contributed by atoms with Gasteiger partial charge in [-0.2, -0.15) is 12.5 Å². The van der Waals surface area contributed by atoms with E-state index in [9.17, 15) is 8.42 Å². The molecule has 0 spiro atoms. The molecule has 1 fully saturated rings. The molecule has 1 saturated carbocycles. The van der Waals surface area contributed by atoms with Crippen LogP contribution in [0.25, 0.3) is 6.08 Å². The molecule has 30 heavy (non-hydrogen) atoms. The Morgan fingerprint density at radius 1 is 1.03 bits per heavy atom. The third kappa shape index (κ3) is 3.35. The van der Waals surface area contributed by atoms with E-state index in [0.717, 1.165) is 29.7 Å². The summed E-state index contributed by atoms with van der Waals surface area (Å²) >= 11 is 0. The molecule has 0 saturated heterocycles. The van der Waals surface area contributed by atoms with Crippen LogP contribution in [-0.4, -0.2) is 23.6 Å². The van der Waals surface area contributed by atoms with Gasteiger partial charge in [0.25, 0.3) is 10.0 Å². The van der Waals surface area contributed by atoms with Gasteiger partial charge in [0, 0.05) is 23.9 Å². The SMILES string of the molecule is Cc1ccc(S(=O)(=O)n2nc(NC3CCC3)c3c2CC(c2ccccc2)C=C3)cc1. The average Bonchev–Trinajstić information content (AvgIpc) is 3.10. The zero-order valence-corrected chi connectivity index (χ0v) is 17.8. The van der Waals surface area contributed by atoms with E-state index >= 15 is 0 Å². The number of nitrogens with zero attached hydrogens (tertiary/aromatic N) is 2. The molecule has 1 N–H and O–H groups in total. The second-order valence-corrected chi connectivity index (χ2v) is 9.99. The highest BCUT2D eigenvalue weighted by atomic mass is 32.2. The van der Waals surface area contributed by atoms with Crippen LogP contribution in [0.3, 0.4) is 0 Å². The zero-order chi connectivity index (χ0) is 20.7. The van der Waals surface area contributed by atoms with E-state index < -0.39 is 10.0 Å². The molecule has 0 radical (unpaired) electrons. The highest BCUT2D eigenvalue weighted by Crippen LogP contribution is 2.36. The standard InChI is InChI=1S/C24H25N3O2S/c1-17-10-13-21(14-11-17)30(28,29)27-23-16-19(18-6-3-2-4-7-18)12-15-22(23)24(26-27)25-20-8-5-9-20/h2-4,6-7,10-15,19-20H,5,8-9,16H2,1H3,(H,25,26). The van der Waals surface area contributed by atoms with Crippen LogP contribution in [0, 0.1) is 6.92 Å². The third-order valence-electron chi connectivity index (χ3n) is 6.12. The minimum atomic E-state index is -3.77. The molecule has 0 amide bonds. The number of aromatic nitrogens is 2. The molecule has 1 unspecified atom stereocenters. The van der Waals surface area contributed by atoms with Crippen molar-refractivity contribution in [2.24, 2.45) is 0 Å². The highest BCUT2D eigenvalue weighted by Gasteiger charge is 2.31. The molecule has 1 atom stereocenters. The third-order valence-corrected chi connectivity index (χ3v) is 7.74. The maximum Gasteiger partial charge on any atom is 0.283 e. The molecule has 3 aromatic rings. The Bertz CT molecular complexity index is 1190. The summed E-state index contributed by atoms with van der Waals surface area (Å²) < 4.78 is 28.2. The predicted molar refractivity (Wildman–Crippen MR) is 119 cm³/mol. The molecule has 2 aliphatic rings. The van der Waals surface area contributed by atoms with Gasteiger partial charge < -0.3 is 5.32 Å². The van der Waals surface area contributed by atoms with Crippen molar-refractivity contribution in [3.8, 4) is 0 Å². The van der Waals surface area contributed by atoms with Gasteiger partial charge in [-0.15, -0.1) is 5.10 Å². The Hall–Kier alpha value is -2.86. The van der Waals surface area contributed by atoms with Crippen LogP contribution in [0.4, 0.5) is 5.82 Å². The van der Waals surface area contributed by atoms with Crippen LogP contribution in [0.1, 0.15) is 47.6 Å². The summed E-state index contributed by atoms with van der Waals surface area (Å²) in [6.45, 7) is 1.95. The van der Waals surface area contributed by atoms with Gasteiger partial charge in [0.1, 0.15) is 0 Å². The lowest BCUT2D eigenvalue weighted by Crippen LogP contribution is -2.27. The molecule has 5 nitrogen and oxygen atoms in total. The summed E-state index contributed by atoms with van der Waals surface area (Å²) in [5.41, 5.74) is 3.84. The highest BCUT2D eigenvalue weighted by molar-refractivity contribution is 7.89. The summed E-state index contributed by atoms with van der Waals surface area (Å²) in [5, 5.41) is 8.05. The fourth-order valence-corrected chi connectivity index (χ4v) is 5.42. The lowest BCUT2D eigenvalue weighted by atomic mass is 9.88. The van der Waals surface area contributed by atoms with Gasteiger partial charge in [0.2, 0.25) is 0 Å². The first-order valence-corrected chi connectivity index (χ1v) is 11.9. The lowest BCUT2D eigenvalue weighted by Gasteiger charge is -2.27. The number of aryl methyl sites for hydroxylation is 1. The van der Waals surface area contributed by atoms with Gasteiger partial charge in [-0.3, -0.25) is 0 Å². The average molecular weight is 420 g/mol. The number of allylic oxidation sites excluding steroid dienone is 1. The van der Waals surface area contributed by atoms with Gasteiger partial charge in [-0.1, -0.05) is 60.2 Å². The second-order valence-electron chi connectivity index (χ2n) is 8.22. The minimum Gasteiger partial charge on any atom is -0.365 e. The first-order chi connectivity index (χ1) is 14.5. The Kier molecular flexibility index (Phi) is 4.74. The normalized spacial score (nSPS) is 18.6. The van der Waals surface area contributed by atoms with E-state index in [1.807, 2.05) is 43.3 Å². The molecule has 6 heteroatoms. The Morgan fingerprint density at radius 3 is 2.43 bits per heavy atom. The van der Waals surface area contributed by atoms with Crippen LogP contribution in [0.2, 0.25) is 0 Å². The number of hydrogen-bond acceptors (Lipinski definition) is 4. The molecular formula is C24H25N3O2S. The van der Waals surface area contributed by atoms with Crippen molar-refractivity contribution in [3.63, 3.8) is 0 Å². The van der Waals surface area contributed by atoms with E-state index in [1.165, 1.54) is 16.1 Å². The van der Waals surface area contributed by atoms with Crippen LogP contribution in [0.5, 0.6) is 0 Å². The van der Waals surface area contributed by atoms with E-state index in [0.29, 0.717) is 18.3 Å². The van der Waals surface area contributed by atoms with E-state index in [2.05, 4.69) is 28.6 Å². The number of rotatable bonds is 5. The quantitative estimate of drug-likeness (QED) is 0.648. The maximum absolute atomic E-state index is 13.5. The Morgan fingerprint density at radius 2 is 1.77 bits per heavy atom. The largest absolute Gasteiger partial charge is 0.365 e. The Labute approximate surface area is 177 Å². The molecule has 1 heterocycles. The molecule has 2 aliphatic carbocycles. The number of benzene rings is 2. The van der Waals surface area contributed by atoms with Crippen LogP contribution in [0.15, 0.2) is 65.6 Å². The molecule has 2 aromatic carbocycles. The predicted octanol–water partition coefficient (Wildman–Crippen LogP) is 4.75. The van der Waals surface area contributed by atoms with E-state index in [1.54, 1.807) is 12.1 Å². The number of hydrogen-bond donors (Lipinski definition) is 1. The molecule has 154 valence electrons. The van der Waals surface area contributed by atoms with Crippen molar-refractivity contribution >= 4 is 21.9 Å². The molecule has 0 bridgehead atoms. The van der Waals surface area contributed by atoms with Gasteiger partial charge in [0.15, 0.2) is 5.82 Å². The molecule has 5 rings (SSSR count). The van der Waals surface area contributed by atoms with Gasteiger partial charge >= 0.3 is 0 Å². The van der Waals surface area contributed by atoms with Crippen LogP contribution in [-0.2, 0) is 16.4 Å². The van der Waals surface area contributed by atoms with Crippen molar-refractivity contribution in [2.45, 2.75) is 49.5 Å². The van der Waals surface area contributed by atoms with Crippen molar-refractivity contribution in [2.75, 3.05) is 5.32 Å². The first-order valence-electron chi connectivity index (χ1n) is 10.5.